The third-order valence-corrected chi connectivity index (χ3v) is 5.56. The van der Waals surface area contributed by atoms with Gasteiger partial charge in [0, 0.05) is 24.7 Å². The third kappa shape index (κ3) is 6.45. The standard InChI is InChI=1S/C18H28ClN3O3S/c1-3-15-7-4-5-11-22(15)12-6-10-20-18(23)14-8-9-17(16(19)13-14)21-26(2,24)25/h8-9,13,15,21H,3-7,10-12H2,1-2H3,(H,20,23). The van der Waals surface area contributed by atoms with Crippen LogP contribution in [0.1, 0.15) is 49.4 Å². The second-order valence-electron chi connectivity index (χ2n) is 6.77. The van der Waals surface area contributed by atoms with Crippen molar-refractivity contribution in [2.45, 2.75) is 45.1 Å². The number of nitrogens with one attached hydrogen (secondary N) is 2. The van der Waals surface area contributed by atoms with Crippen LogP contribution in [0.3, 0.4) is 0 Å². The third-order valence-electron chi connectivity index (χ3n) is 4.65. The van der Waals surface area contributed by atoms with Crippen molar-refractivity contribution in [1.29, 1.82) is 0 Å². The van der Waals surface area contributed by atoms with Crippen LogP contribution in [-0.4, -0.2) is 51.2 Å². The second-order valence-corrected chi connectivity index (χ2v) is 8.93. The van der Waals surface area contributed by atoms with Crippen molar-refractivity contribution in [3.05, 3.63) is 28.8 Å². The molecule has 1 unspecified atom stereocenters. The second kappa shape index (κ2) is 9.58. The monoisotopic (exact) mass is 401 g/mol. The van der Waals surface area contributed by atoms with Gasteiger partial charge < -0.3 is 10.2 Å². The zero-order valence-corrected chi connectivity index (χ0v) is 17.0. The van der Waals surface area contributed by atoms with Crippen molar-refractivity contribution >= 4 is 33.2 Å². The summed E-state index contributed by atoms with van der Waals surface area (Å²) in [5.74, 6) is -0.205. The molecule has 2 rings (SSSR count). The zero-order valence-electron chi connectivity index (χ0n) is 15.4. The summed E-state index contributed by atoms with van der Waals surface area (Å²) in [5, 5.41) is 3.10. The van der Waals surface area contributed by atoms with Crippen molar-refractivity contribution in [1.82, 2.24) is 10.2 Å². The molecule has 26 heavy (non-hydrogen) atoms. The number of amides is 1. The zero-order chi connectivity index (χ0) is 19.2. The van der Waals surface area contributed by atoms with E-state index >= 15 is 0 Å². The Balaban J connectivity index is 1.81. The van der Waals surface area contributed by atoms with Gasteiger partial charge in [0.2, 0.25) is 10.0 Å². The first-order chi connectivity index (χ1) is 12.3. The van der Waals surface area contributed by atoms with Crippen molar-refractivity contribution in [2.75, 3.05) is 30.6 Å². The summed E-state index contributed by atoms with van der Waals surface area (Å²) in [5.41, 5.74) is 0.680. The van der Waals surface area contributed by atoms with Crippen LogP contribution in [-0.2, 0) is 10.0 Å². The molecule has 0 aromatic heterocycles. The first-order valence-electron chi connectivity index (χ1n) is 9.09. The Morgan fingerprint density at radius 1 is 1.35 bits per heavy atom. The minimum absolute atomic E-state index is 0.196. The summed E-state index contributed by atoms with van der Waals surface area (Å²) in [4.78, 5) is 14.8. The van der Waals surface area contributed by atoms with Gasteiger partial charge in [0.1, 0.15) is 0 Å². The molecule has 1 aliphatic heterocycles. The highest BCUT2D eigenvalue weighted by molar-refractivity contribution is 7.92. The number of carbonyl (C=O) groups is 1. The van der Waals surface area contributed by atoms with Crippen LogP contribution in [0.2, 0.25) is 5.02 Å². The largest absolute Gasteiger partial charge is 0.352 e. The fourth-order valence-electron chi connectivity index (χ4n) is 3.34. The van der Waals surface area contributed by atoms with Crippen molar-refractivity contribution in [2.24, 2.45) is 0 Å². The topological polar surface area (TPSA) is 78.5 Å². The molecule has 1 amide bonds. The molecule has 8 heteroatoms. The number of halogens is 1. The van der Waals surface area contributed by atoms with Crippen molar-refractivity contribution in [3.8, 4) is 0 Å². The summed E-state index contributed by atoms with van der Waals surface area (Å²) < 4.78 is 24.9. The molecule has 1 heterocycles. The predicted molar refractivity (Wildman–Crippen MR) is 106 cm³/mol. The summed E-state index contributed by atoms with van der Waals surface area (Å²) in [7, 11) is -3.41. The molecule has 0 spiro atoms. The van der Waals surface area contributed by atoms with E-state index in [2.05, 4.69) is 21.9 Å². The summed E-state index contributed by atoms with van der Waals surface area (Å²) >= 11 is 6.06. The lowest BCUT2D eigenvalue weighted by Gasteiger charge is -2.35. The average molecular weight is 402 g/mol. The Morgan fingerprint density at radius 2 is 2.12 bits per heavy atom. The molecule has 0 radical (unpaired) electrons. The average Bonchev–Trinajstić information content (AvgIpc) is 2.59. The van der Waals surface area contributed by atoms with Crippen LogP contribution in [0.4, 0.5) is 5.69 Å². The number of rotatable bonds is 8. The minimum Gasteiger partial charge on any atom is -0.352 e. The van der Waals surface area contributed by atoms with E-state index in [1.807, 2.05) is 0 Å². The van der Waals surface area contributed by atoms with Crippen LogP contribution in [0.15, 0.2) is 18.2 Å². The Bertz CT molecular complexity index is 724. The number of hydrogen-bond acceptors (Lipinski definition) is 4. The van der Waals surface area contributed by atoms with E-state index in [4.69, 9.17) is 11.6 Å². The van der Waals surface area contributed by atoms with Gasteiger partial charge in [-0.3, -0.25) is 9.52 Å². The smallest absolute Gasteiger partial charge is 0.251 e. The van der Waals surface area contributed by atoms with Crippen LogP contribution >= 0.6 is 11.6 Å². The highest BCUT2D eigenvalue weighted by Gasteiger charge is 2.20. The molecule has 1 aliphatic rings. The molecule has 1 atom stereocenters. The lowest BCUT2D eigenvalue weighted by molar-refractivity contribution is 0.0947. The summed E-state index contributed by atoms with van der Waals surface area (Å²) in [6.07, 6.45) is 6.99. The van der Waals surface area contributed by atoms with Crippen LogP contribution < -0.4 is 10.0 Å². The van der Waals surface area contributed by atoms with Crippen molar-refractivity contribution in [3.63, 3.8) is 0 Å². The lowest BCUT2D eigenvalue weighted by Crippen LogP contribution is -2.40. The Hall–Kier alpha value is -1.31. The molecule has 2 N–H and O–H groups in total. The molecular formula is C18H28ClN3O3S. The SMILES string of the molecule is CCC1CCCCN1CCCNC(=O)c1ccc(NS(C)(=O)=O)c(Cl)c1. The number of piperidine rings is 1. The van der Waals surface area contributed by atoms with Gasteiger partial charge >= 0.3 is 0 Å². The molecule has 146 valence electrons. The van der Waals surface area contributed by atoms with Crippen LogP contribution in [0.5, 0.6) is 0 Å². The molecule has 1 saturated heterocycles. The van der Waals surface area contributed by atoms with E-state index in [-0.39, 0.29) is 16.6 Å². The summed E-state index contributed by atoms with van der Waals surface area (Å²) in [6, 6.07) is 5.21. The normalized spacial score (nSPS) is 18.5. The van der Waals surface area contributed by atoms with Gasteiger partial charge in [-0.25, -0.2) is 8.42 Å². The Kier molecular flexibility index (Phi) is 7.73. The van der Waals surface area contributed by atoms with Gasteiger partial charge in [-0.1, -0.05) is 24.9 Å². The molecular weight excluding hydrogens is 374 g/mol. The van der Waals surface area contributed by atoms with Crippen LogP contribution in [0, 0.1) is 0 Å². The van der Waals surface area contributed by atoms with Gasteiger partial charge in [-0.2, -0.15) is 0 Å². The summed E-state index contributed by atoms with van der Waals surface area (Å²) in [6.45, 7) is 4.98. The molecule has 1 fully saturated rings. The molecule has 0 saturated carbocycles. The molecule has 1 aromatic rings. The van der Waals surface area contributed by atoms with Gasteiger partial charge in [0.25, 0.3) is 5.91 Å². The van der Waals surface area contributed by atoms with Crippen LogP contribution in [0.25, 0.3) is 0 Å². The number of sulfonamides is 1. The number of carbonyl (C=O) groups excluding carboxylic acids is 1. The van der Waals surface area contributed by atoms with Crippen molar-refractivity contribution < 1.29 is 13.2 Å². The van der Waals surface area contributed by atoms with Gasteiger partial charge in [0.15, 0.2) is 0 Å². The number of hydrogen-bond donors (Lipinski definition) is 2. The molecule has 0 bridgehead atoms. The Labute approximate surface area is 161 Å². The number of likely N-dealkylation sites (tertiary alicyclic amines) is 1. The van der Waals surface area contributed by atoms with E-state index < -0.39 is 10.0 Å². The predicted octanol–water partition coefficient (Wildman–Crippen LogP) is 3.10. The maximum atomic E-state index is 12.2. The first-order valence-corrected chi connectivity index (χ1v) is 11.4. The highest BCUT2D eigenvalue weighted by Crippen LogP contribution is 2.24. The number of benzene rings is 1. The number of nitrogens with zero attached hydrogens (tertiary/aromatic N) is 1. The first kappa shape index (κ1) is 21.0. The minimum atomic E-state index is -3.41. The molecule has 6 nitrogen and oxygen atoms in total. The van der Waals surface area contributed by atoms with Gasteiger partial charge in [0.05, 0.1) is 17.0 Å². The van der Waals surface area contributed by atoms with E-state index in [0.717, 1.165) is 25.8 Å². The fourth-order valence-corrected chi connectivity index (χ4v) is 4.20. The van der Waals surface area contributed by atoms with Gasteiger partial charge in [-0.05, 0) is 50.4 Å². The maximum absolute atomic E-state index is 12.2. The van der Waals surface area contributed by atoms with E-state index in [0.29, 0.717) is 18.2 Å². The maximum Gasteiger partial charge on any atom is 0.251 e. The molecule has 0 aliphatic carbocycles. The van der Waals surface area contributed by atoms with E-state index in [1.165, 1.54) is 37.8 Å². The fraction of sp³-hybridized carbons (Fsp3) is 0.611. The number of anilines is 1. The highest BCUT2D eigenvalue weighted by atomic mass is 35.5. The Morgan fingerprint density at radius 3 is 2.77 bits per heavy atom. The quantitative estimate of drug-likeness (QED) is 0.656. The van der Waals surface area contributed by atoms with E-state index in [1.54, 1.807) is 6.07 Å². The van der Waals surface area contributed by atoms with E-state index in [9.17, 15) is 13.2 Å². The molecule has 1 aromatic carbocycles. The lowest BCUT2D eigenvalue weighted by atomic mass is 10.00. The van der Waals surface area contributed by atoms with Gasteiger partial charge in [-0.15, -0.1) is 0 Å².